The van der Waals surface area contributed by atoms with Gasteiger partial charge in [0.25, 0.3) is 5.56 Å². The molecule has 0 bridgehead atoms. The summed E-state index contributed by atoms with van der Waals surface area (Å²) in [7, 11) is -3.63. The van der Waals surface area contributed by atoms with E-state index in [0.29, 0.717) is 16.8 Å². The topological polar surface area (TPSA) is 113 Å². The summed E-state index contributed by atoms with van der Waals surface area (Å²) in [5, 5.41) is 0.384. The second-order valence-electron chi connectivity index (χ2n) is 8.69. The molecule has 1 aliphatic heterocycles. The fraction of sp³-hybridized carbons (Fsp3) is 0.375. The summed E-state index contributed by atoms with van der Waals surface area (Å²) in [5.74, 6) is 0.150. The highest BCUT2D eigenvalue weighted by atomic mass is 32.2. The molecule has 0 atom stereocenters. The molecule has 34 heavy (non-hydrogen) atoms. The molecule has 1 N–H and O–H groups in total. The van der Waals surface area contributed by atoms with Crippen molar-refractivity contribution in [2.45, 2.75) is 37.6 Å². The Bertz CT molecular complexity index is 1420. The lowest BCUT2D eigenvalue weighted by atomic mass is 10.0. The van der Waals surface area contributed by atoms with Crippen LogP contribution < -0.4 is 11.2 Å². The summed E-state index contributed by atoms with van der Waals surface area (Å²) in [6, 6.07) is 13.7. The largest absolute Gasteiger partial charge is 0.340 e. The SMILES string of the molecule is CC(C)c1ccc(S(=O)(=O)N2CCN(C(=O)CCn3c(=O)[nH]c(=O)c4ccccc43)CC2)cc1. The Hall–Kier alpha value is -3.24. The third kappa shape index (κ3) is 4.69. The van der Waals surface area contributed by atoms with Gasteiger partial charge in [-0.1, -0.05) is 38.1 Å². The summed E-state index contributed by atoms with van der Waals surface area (Å²) in [6.45, 7) is 5.21. The Morgan fingerprint density at radius 3 is 2.26 bits per heavy atom. The van der Waals surface area contributed by atoms with E-state index in [0.717, 1.165) is 5.56 Å². The number of carbonyl (C=O) groups is 1. The van der Waals surface area contributed by atoms with Gasteiger partial charge in [0.2, 0.25) is 15.9 Å². The lowest BCUT2D eigenvalue weighted by Gasteiger charge is -2.34. The van der Waals surface area contributed by atoms with E-state index in [9.17, 15) is 22.8 Å². The third-order valence-electron chi connectivity index (χ3n) is 6.23. The number of nitrogens with one attached hydrogen (secondary N) is 1. The third-order valence-corrected chi connectivity index (χ3v) is 8.14. The molecule has 0 radical (unpaired) electrons. The zero-order valence-electron chi connectivity index (χ0n) is 19.2. The summed E-state index contributed by atoms with van der Waals surface area (Å²) < 4.78 is 28.8. The van der Waals surface area contributed by atoms with Crippen molar-refractivity contribution in [3.8, 4) is 0 Å². The van der Waals surface area contributed by atoms with Crippen molar-refractivity contribution in [1.29, 1.82) is 0 Å². The number of carbonyl (C=O) groups excluding carboxylic acids is 1. The first-order valence-electron chi connectivity index (χ1n) is 11.3. The number of hydrogen-bond acceptors (Lipinski definition) is 5. The Labute approximate surface area is 197 Å². The molecule has 1 amide bonds. The van der Waals surface area contributed by atoms with Gasteiger partial charge in [0.05, 0.1) is 15.8 Å². The summed E-state index contributed by atoms with van der Waals surface area (Å²) >= 11 is 0. The van der Waals surface area contributed by atoms with Gasteiger partial charge in [-0.05, 0) is 35.7 Å². The van der Waals surface area contributed by atoms with Crippen molar-refractivity contribution < 1.29 is 13.2 Å². The minimum absolute atomic E-state index is 0.0688. The van der Waals surface area contributed by atoms with E-state index in [2.05, 4.69) is 18.8 Å². The number of hydrogen-bond donors (Lipinski definition) is 1. The Morgan fingerprint density at radius 2 is 1.62 bits per heavy atom. The zero-order valence-corrected chi connectivity index (χ0v) is 20.0. The van der Waals surface area contributed by atoms with E-state index in [4.69, 9.17) is 0 Å². The van der Waals surface area contributed by atoms with Gasteiger partial charge >= 0.3 is 5.69 Å². The molecule has 180 valence electrons. The fourth-order valence-electron chi connectivity index (χ4n) is 4.18. The van der Waals surface area contributed by atoms with Gasteiger partial charge < -0.3 is 4.90 Å². The second kappa shape index (κ2) is 9.55. The molecule has 1 aliphatic rings. The maximum Gasteiger partial charge on any atom is 0.328 e. The maximum atomic E-state index is 13.0. The fourth-order valence-corrected chi connectivity index (χ4v) is 5.60. The first kappa shape index (κ1) is 23.9. The quantitative estimate of drug-likeness (QED) is 0.573. The second-order valence-corrected chi connectivity index (χ2v) is 10.6. The summed E-state index contributed by atoms with van der Waals surface area (Å²) in [5.41, 5.74) is 0.530. The van der Waals surface area contributed by atoms with Crippen molar-refractivity contribution in [2.24, 2.45) is 0 Å². The normalized spacial score (nSPS) is 15.2. The van der Waals surface area contributed by atoms with Crippen LogP contribution in [0.5, 0.6) is 0 Å². The average molecular weight is 485 g/mol. The lowest BCUT2D eigenvalue weighted by molar-refractivity contribution is -0.132. The van der Waals surface area contributed by atoms with Gasteiger partial charge in [0.15, 0.2) is 0 Å². The Morgan fingerprint density at radius 1 is 0.971 bits per heavy atom. The number of piperazine rings is 1. The predicted octanol–water partition coefficient (Wildman–Crippen LogP) is 1.74. The Balaban J connectivity index is 1.39. The smallest absolute Gasteiger partial charge is 0.328 e. The number of fused-ring (bicyclic) bond motifs is 1. The van der Waals surface area contributed by atoms with E-state index in [-0.39, 0.29) is 49.9 Å². The van der Waals surface area contributed by atoms with Crippen molar-refractivity contribution in [3.63, 3.8) is 0 Å². The van der Waals surface area contributed by atoms with Gasteiger partial charge in [0, 0.05) is 39.1 Å². The number of aryl methyl sites for hydroxylation is 1. The predicted molar refractivity (Wildman–Crippen MR) is 129 cm³/mol. The number of para-hydroxylation sites is 1. The molecular formula is C24H28N4O5S. The first-order chi connectivity index (χ1) is 16.2. The molecule has 0 aliphatic carbocycles. The number of amides is 1. The molecule has 1 fully saturated rings. The number of aromatic nitrogens is 2. The lowest BCUT2D eigenvalue weighted by Crippen LogP contribution is -2.50. The monoisotopic (exact) mass is 484 g/mol. The molecule has 0 saturated carbocycles. The van der Waals surface area contributed by atoms with Crippen LogP contribution in [0.3, 0.4) is 0 Å². The first-order valence-corrected chi connectivity index (χ1v) is 12.7. The van der Waals surface area contributed by atoms with Gasteiger partial charge in [-0.25, -0.2) is 13.2 Å². The van der Waals surface area contributed by atoms with Crippen LogP contribution in [0, 0.1) is 0 Å². The van der Waals surface area contributed by atoms with Crippen LogP contribution >= 0.6 is 0 Å². The van der Waals surface area contributed by atoms with Crippen molar-refractivity contribution in [1.82, 2.24) is 18.8 Å². The maximum absolute atomic E-state index is 13.0. The molecule has 9 nitrogen and oxygen atoms in total. The van der Waals surface area contributed by atoms with Crippen LogP contribution in [0.25, 0.3) is 10.9 Å². The van der Waals surface area contributed by atoms with Crippen LogP contribution in [0.4, 0.5) is 0 Å². The van der Waals surface area contributed by atoms with Crippen molar-refractivity contribution >= 4 is 26.8 Å². The standard InChI is InChI=1S/C24H28N4O5S/c1-17(2)18-7-9-19(10-8-18)34(32,33)27-15-13-26(14-16-27)22(29)11-12-28-21-6-4-3-5-20(21)23(30)25-24(28)31/h3-10,17H,11-16H2,1-2H3,(H,25,30,31). The van der Waals surface area contributed by atoms with E-state index in [1.165, 1.54) is 8.87 Å². The molecule has 10 heteroatoms. The highest BCUT2D eigenvalue weighted by Gasteiger charge is 2.30. The van der Waals surface area contributed by atoms with Crippen LogP contribution in [-0.2, 0) is 21.4 Å². The van der Waals surface area contributed by atoms with E-state index < -0.39 is 21.3 Å². The molecule has 0 spiro atoms. The van der Waals surface area contributed by atoms with Crippen molar-refractivity contribution in [3.05, 3.63) is 74.9 Å². The zero-order chi connectivity index (χ0) is 24.5. The summed E-state index contributed by atoms with van der Waals surface area (Å²) in [4.78, 5) is 41.2. The van der Waals surface area contributed by atoms with Crippen LogP contribution in [0.1, 0.15) is 31.7 Å². The average Bonchev–Trinajstić information content (AvgIpc) is 2.84. The van der Waals surface area contributed by atoms with Gasteiger partial charge in [-0.2, -0.15) is 4.31 Å². The summed E-state index contributed by atoms with van der Waals surface area (Å²) in [6.07, 6.45) is 0.0688. The van der Waals surface area contributed by atoms with E-state index in [1.807, 2.05) is 12.1 Å². The minimum atomic E-state index is -3.63. The van der Waals surface area contributed by atoms with Gasteiger partial charge in [-0.3, -0.25) is 19.1 Å². The van der Waals surface area contributed by atoms with Gasteiger partial charge in [-0.15, -0.1) is 0 Å². The molecule has 0 unspecified atom stereocenters. The molecule has 3 aromatic rings. The molecule has 2 aromatic carbocycles. The Kier molecular flexibility index (Phi) is 6.72. The van der Waals surface area contributed by atoms with Gasteiger partial charge in [0.1, 0.15) is 0 Å². The molecular weight excluding hydrogens is 456 g/mol. The van der Waals surface area contributed by atoms with E-state index in [1.54, 1.807) is 41.3 Å². The van der Waals surface area contributed by atoms with E-state index >= 15 is 0 Å². The number of rotatable bonds is 6. The minimum Gasteiger partial charge on any atom is -0.340 e. The van der Waals surface area contributed by atoms with Crippen molar-refractivity contribution in [2.75, 3.05) is 26.2 Å². The van der Waals surface area contributed by atoms with Crippen LogP contribution in [-0.4, -0.2) is 59.3 Å². The highest BCUT2D eigenvalue weighted by molar-refractivity contribution is 7.89. The molecule has 1 aromatic heterocycles. The molecule has 2 heterocycles. The number of benzene rings is 2. The number of H-pyrrole nitrogens is 1. The van der Waals surface area contributed by atoms with Crippen LogP contribution in [0.2, 0.25) is 0 Å². The number of sulfonamides is 1. The highest BCUT2D eigenvalue weighted by Crippen LogP contribution is 2.21. The van der Waals surface area contributed by atoms with Crippen LogP contribution in [0.15, 0.2) is 63.0 Å². The molecule has 4 rings (SSSR count). The number of nitrogens with zero attached hydrogens (tertiary/aromatic N) is 3. The molecule has 1 saturated heterocycles. The number of aromatic amines is 1.